The summed E-state index contributed by atoms with van der Waals surface area (Å²) in [4.78, 5) is 0. The normalized spacial score (nSPS) is 10.9. The average molecular weight is 344 g/mol. The standard InChI is InChI=1S/C16H16N4OS2/c17-15(22)19-7-9-3-1-5-11-12-6-2-4-10(8-20-16(18)23)14(12)21-13(9)11/h1-6H,7-8H2,(H3,17,19,22)(H3,18,20,23). The Morgan fingerprint density at radius 1 is 0.826 bits per heavy atom. The van der Waals surface area contributed by atoms with E-state index in [9.17, 15) is 0 Å². The van der Waals surface area contributed by atoms with E-state index < -0.39 is 0 Å². The number of furan rings is 1. The number of fused-ring (bicyclic) bond motifs is 3. The zero-order valence-electron chi connectivity index (χ0n) is 12.2. The molecule has 4 N–H and O–H groups in total. The lowest BCUT2D eigenvalue weighted by Crippen LogP contribution is -2.16. The molecule has 0 aliphatic carbocycles. The fourth-order valence-electron chi connectivity index (χ4n) is 2.57. The molecular formula is C16H16N4OS2. The van der Waals surface area contributed by atoms with E-state index in [1.165, 1.54) is 0 Å². The fraction of sp³-hybridized carbons (Fsp3) is 0.125. The van der Waals surface area contributed by atoms with Crippen LogP contribution in [0, 0.1) is 10.8 Å². The van der Waals surface area contributed by atoms with Crippen LogP contribution >= 0.6 is 25.3 Å². The zero-order chi connectivity index (χ0) is 16.4. The minimum absolute atomic E-state index is 0.121. The van der Waals surface area contributed by atoms with Gasteiger partial charge < -0.3 is 15.1 Å². The van der Waals surface area contributed by atoms with Crippen molar-refractivity contribution in [3.05, 3.63) is 47.5 Å². The molecule has 118 valence electrons. The molecule has 0 aliphatic rings. The number of hydrogen-bond donors (Lipinski definition) is 6. The van der Waals surface area contributed by atoms with Crippen molar-refractivity contribution >= 4 is 57.5 Å². The first kappa shape index (κ1) is 15.8. The van der Waals surface area contributed by atoms with Crippen molar-refractivity contribution in [2.24, 2.45) is 0 Å². The number of amidine groups is 2. The molecule has 0 radical (unpaired) electrons. The quantitative estimate of drug-likeness (QED) is 0.249. The Hall–Kier alpha value is -2.12. The predicted molar refractivity (Wildman–Crippen MR) is 101 cm³/mol. The number of hydrogen-bond acceptors (Lipinski definition) is 3. The lowest BCUT2D eigenvalue weighted by atomic mass is 10.1. The third kappa shape index (κ3) is 3.30. The Morgan fingerprint density at radius 3 is 1.65 bits per heavy atom. The van der Waals surface area contributed by atoms with Crippen LogP contribution in [-0.2, 0) is 13.1 Å². The van der Waals surface area contributed by atoms with Gasteiger partial charge in [-0.25, -0.2) is 0 Å². The maximum Gasteiger partial charge on any atom is 0.150 e. The largest absolute Gasteiger partial charge is 0.455 e. The molecule has 0 aliphatic heterocycles. The van der Waals surface area contributed by atoms with Crippen molar-refractivity contribution in [2.75, 3.05) is 0 Å². The van der Waals surface area contributed by atoms with Crippen molar-refractivity contribution < 1.29 is 4.42 Å². The van der Waals surface area contributed by atoms with Crippen molar-refractivity contribution in [2.45, 2.75) is 13.1 Å². The van der Waals surface area contributed by atoms with E-state index in [2.05, 4.69) is 35.9 Å². The van der Waals surface area contributed by atoms with E-state index in [1.54, 1.807) is 0 Å². The van der Waals surface area contributed by atoms with Crippen molar-refractivity contribution in [3.8, 4) is 0 Å². The third-order valence-electron chi connectivity index (χ3n) is 3.58. The molecule has 3 rings (SSSR count). The van der Waals surface area contributed by atoms with Gasteiger partial charge in [0, 0.05) is 35.0 Å². The predicted octanol–water partition coefficient (Wildman–Crippen LogP) is 3.49. The molecule has 0 spiro atoms. The average Bonchev–Trinajstić information content (AvgIpc) is 2.90. The molecule has 0 atom stereocenters. The topological polar surface area (TPSA) is 84.9 Å². The second kappa shape index (κ2) is 6.55. The molecule has 0 amide bonds. The van der Waals surface area contributed by atoms with Gasteiger partial charge in [-0.05, 0) is 0 Å². The van der Waals surface area contributed by atoms with Gasteiger partial charge in [-0.1, -0.05) is 36.4 Å². The highest BCUT2D eigenvalue weighted by Gasteiger charge is 2.13. The van der Waals surface area contributed by atoms with Crippen molar-refractivity contribution in [3.63, 3.8) is 0 Å². The molecular weight excluding hydrogens is 328 g/mol. The number of rotatable bonds is 4. The van der Waals surface area contributed by atoms with Crippen molar-refractivity contribution in [1.82, 2.24) is 10.6 Å². The molecule has 3 aromatic rings. The van der Waals surface area contributed by atoms with Crippen LogP contribution in [0.25, 0.3) is 21.9 Å². The molecule has 7 heteroatoms. The van der Waals surface area contributed by atoms with E-state index in [-0.39, 0.29) is 10.3 Å². The van der Waals surface area contributed by atoms with Gasteiger partial charge in [0.15, 0.2) is 10.3 Å². The van der Waals surface area contributed by atoms with Crippen LogP contribution in [0.3, 0.4) is 0 Å². The zero-order valence-corrected chi connectivity index (χ0v) is 14.0. The van der Waals surface area contributed by atoms with Crippen LogP contribution in [0.1, 0.15) is 11.1 Å². The summed E-state index contributed by atoms with van der Waals surface area (Å²) in [7, 11) is 0. The minimum Gasteiger partial charge on any atom is -0.455 e. The van der Waals surface area contributed by atoms with Gasteiger partial charge in [0.05, 0.1) is 0 Å². The summed E-state index contributed by atoms with van der Waals surface area (Å²) in [6.07, 6.45) is 0. The summed E-state index contributed by atoms with van der Waals surface area (Å²) in [5, 5.41) is 22.8. The number of nitrogens with one attached hydrogen (secondary N) is 4. The van der Waals surface area contributed by atoms with Crippen LogP contribution in [0.2, 0.25) is 0 Å². The molecule has 0 saturated heterocycles. The maximum absolute atomic E-state index is 7.38. The van der Waals surface area contributed by atoms with Gasteiger partial charge in [-0.3, -0.25) is 10.8 Å². The smallest absolute Gasteiger partial charge is 0.150 e. The lowest BCUT2D eigenvalue weighted by molar-refractivity contribution is 0.653. The highest BCUT2D eigenvalue weighted by atomic mass is 32.1. The SMILES string of the molecule is N=C(S)NCc1cccc2c1oc1c(CNC(=N)S)cccc12. The Labute approximate surface area is 144 Å². The summed E-state index contributed by atoms with van der Waals surface area (Å²) in [5.74, 6) is 0. The van der Waals surface area contributed by atoms with Crippen LogP contribution in [0.15, 0.2) is 40.8 Å². The molecule has 2 aromatic carbocycles. The summed E-state index contributed by atoms with van der Waals surface area (Å²) in [6.45, 7) is 0.961. The van der Waals surface area contributed by atoms with Gasteiger partial charge in [-0.2, -0.15) is 0 Å². The molecule has 1 aromatic heterocycles. The summed E-state index contributed by atoms with van der Waals surface area (Å²) >= 11 is 7.88. The van der Waals surface area contributed by atoms with Gasteiger partial charge in [0.1, 0.15) is 11.2 Å². The summed E-state index contributed by atoms with van der Waals surface area (Å²) in [6, 6.07) is 11.9. The van der Waals surface area contributed by atoms with Crippen LogP contribution in [0.4, 0.5) is 0 Å². The van der Waals surface area contributed by atoms with E-state index in [4.69, 9.17) is 15.2 Å². The van der Waals surface area contributed by atoms with E-state index in [1.807, 2.05) is 36.4 Å². The van der Waals surface area contributed by atoms with Gasteiger partial charge in [0.25, 0.3) is 0 Å². The molecule has 1 heterocycles. The van der Waals surface area contributed by atoms with Crippen LogP contribution in [0.5, 0.6) is 0 Å². The van der Waals surface area contributed by atoms with E-state index in [0.29, 0.717) is 13.1 Å². The summed E-state index contributed by atoms with van der Waals surface area (Å²) in [5.41, 5.74) is 3.55. The van der Waals surface area contributed by atoms with Crippen LogP contribution < -0.4 is 10.6 Å². The second-order valence-electron chi connectivity index (χ2n) is 5.09. The van der Waals surface area contributed by atoms with E-state index >= 15 is 0 Å². The molecule has 0 fully saturated rings. The Kier molecular flexibility index (Phi) is 4.49. The lowest BCUT2D eigenvalue weighted by Gasteiger charge is -2.04. The molecule has 23 heavy (non-hydrogen) atoms. The number of thiol groups is 2. The Balaban J connectivity index is 2.09. The second-order valence-corrected chi connectivity index (χ2v) is 5.99. The summed E-state index contributed by atoms with van der Waals surface area (Å²) < 4.78 is 6.11. The van der Waals surface area contributed by atoms with Crippen molar-refractivity contribution in [1.29, 1.82) is 10.8 Å². The first-order chi connectivity index (χ1) is 11.1. The third-order valence-corrected chi connectivity index (χ3v) is 3.90. The number of benzene rings is 2. The molecule has 0 bridgehead atoms. The molecule has 5 nitrogen and oxygen atoms in total. The van der Waals surface area contributed by atoms with Crippen LogP contribution in [-0.4, -0.2) is 10.3 Å². The Morgan fingerprint density at radius 2 is 1.26 bits per heavy atom. The molecule has 0 unspecified atom stereocenters. The van der Waals surface area contributed by atoms with Gasteiger partial charge in [0.2, 0.25) is 0 Å². The fourth-order valence-corrected chi connectivity index (χ4v) is 2.73. The first-order valence-electron chi connectivity index (χ1n) is 7.01. The monoisotopic (exact) mass is 344 g/mol. The highest BCUT2D eigenvalue weighted by molar-refractivity contribution is 7.96. The first-order valence-corrected chi connectivity index (χ1v) is 7.90. The minimum atomic E-state index is 0.121. The highest BCUT2D eigenvalue weighted by Crippen LogP contribution is 2.32. The Bertz CT molecular complexity index is 831. The van der Waals surface area contributed by atoms with Gasteiger partial charge in [-0.15, -0.1) is 25.3 Å². The van der Waals surface area contributed by atoms with Gasteiger partial charge >= 0.3 is 0 Å². The molecule has 0 saturated carbocycles. The van der Waals surface area contributed by atoms with E-state index in [0.717, 1.165) is 33.1 Å². The maximum atomic E-state index is 7.38. The number of para-hydroxylation sites is 2.